The molecule has 5 nitrogen and oxygen atoms in total. The number of sulfone groups is 1. The molecule has 0 aliphatic heterocycles. The molecule has 0 bridgehead atoms. The van der Waals surface area contributed by atoms with Crippen LogP contribution in [0.1, 0.15) is 18.2 Å². The molecule has 0 aliphatic rings. The lowest BCUT2D eigenvalue weighted by molar-refractivity contribution is -0.140. The Morgan fingerprint density at radius 2 is 1.66 bits per heavy atom. The molecule has 10 heteroatoms. The summed E-state index contributed by atoms with van der Waals surface area (Å²) in [5.74, 6) is -0.907. The molecule has 1 aromatic heterocycles. The summed E-state index contributed by atoms with van der Waals surface area (Å²) in [6.45, 7) is 1.52. The smallest absolute Gasteiger partial charge is 0.310 e. The van der Waals surface area contributed by atoms with Gasteiger partial charge in [-0.15, -0.1) is 0 Å². The number of halogens is 4. The minimum atomic E-state index is -4.77. The van der Waals surface area contributed by atoms with Gasteiger partial charge in [-0.1, -0.05) is 48.9 Å². The number of amides is 1. The van der Waals surface area contributed by atoms with Crippen LogP contribution in [-0.4, -0.2) is 25.1 Å². The van der Waals surface area contributed by atoms with Gasteiger partial charge in [-0.25, -0.2) is 13.4 Å². The number of nitrogens with one attached hydrogen (secondary N) is 1. The van der Waals surface area contributed by atoms with Crippen LogP contribution >= 0.6 is 11.6 Å². The monoisotopic (exact) mass is 482 g/mol. The average Bonchev–Trinajstić information content (AvgIpc) is 2.74. The highest BCUT2D eigenvalue weighted by molar-refractivity contribution is 7.91. The van der Waals surface area contributed by atoms with E-state index < -0.39 is 27.6 Å². The Kier molecular flexibility index (Phi) is 6.90. The third kappa shape index (κ3) is 5.46. The largest absolute Gasteiger partial charge is 0.434 e. The van der Waals surface area contributed by atoms with Gasteiger partial charge in [0.25, 0.3) is 0 Å². The van der Waals surface area contributed by atoms with Crippen LogP contribution in [0.15, 0.2) is 65.6 Å². The van der Waals surface area contributed by atoms with E-state index in [2.05, 4.69) is 10.3 Å². The molecule has 0 saturated heterocycles. The highest BCUT2D eigenvalue weighted by Gasteiger charge is 2.36. The number of alkyl halides is 3. The van der Waals surface area contributed by atoms with Gasteiger partial charge in [-0.05, 0) is 35.9 Å². The van der Waals surface area contributed by atoms with E-state index in [9.17, 15) is 26.4 Å². The Morgan fingerprint density at radius 3 is 2.25 bits per heavy atom. The molecule has 1 heterocycles. The Hall–Kier alpha value is -2.91. The SMILES string of the molecule is CCS(=O)(=O)c1ccc(CC(=O)Nc2ccc(-c3ccccc3Cl)c(C(F)(F)F)n2)cc1. The summed E-state index contributed by atoms with van der Waals surface area (Å²) >= 11 is 6.04. The highest BCUT2D eigenvalue weighted by Crippen LogP contribution is 2.38. The summed E-state index contributed by atoms with van der Waals surface area (Å²) < 4.78 is 64.6. The lowest BCUT2D eigenvalue weighted by Gasteiger charge is -2.15. The first kappa shape index (κ1) is 23.7. The number of nitrogens with zero attached hydrogens (tertiary/aromatic N) is 1. The van der Waals surface area contributed by atoms with Crippen LogP contribution in [-0.2, 0) is 27.2 Å². The number of rotatable bonds is 6. The first-order chi connectivity index (χ1) is 15.0. The molecule has 32 heavy (non-hydrogen) atoms. The van der Waals surface area contributed by atoms with Crippen molar-refractivity contribution in [2.75, 3.05) is 11.1 Å². The van der Waals surface area contributed by atoms with Crippen LogP contribution in [0.25, 0.3) is 11.1 Å². The predicted molar refractivity (Wildman–Crippen MR) is 116 cm³/mol. The van der Waals surface area contributed by atoms with E-state index in [1.807, 2.05) is 0 Å². The van der Waals surface area contributed by atoms with Gasteiger partial charge < -0.3 is 5.32 Å². The number of hydrogen-bond donors (Lipinski definition) is 1. The number of benzene rings is 2. The van der Waals surface area contributed by atoms with Crippen molar-refractivity contribution in [2.24, 2.45) is 0 Å². The third-order valence-electron chi connectivity index (χ3n) is 4.62. The molecule has 3 rings (SSSR count). The van der Waals surface area contributed by atoms with Gasteiger partial charge in [0, 0.05) is 16.1 Å². The van der Waals surface area contributed by atoms with Crippen LogP contribution in [0.4, 0.5) is 19.0 Å². The molecule has 0 fully saturated rings. The maximum Gasteiger partial charge on any atom is 0.434 e. The van der Waals surface area contributed by atoms with Crippen molar-refractivity contribution in [3.05, 3.63) is 76.9 Å². The first-order valence-electron chi connectivity index (χ1n) is 9.46. The van der Waals surface area contributed by atoms with Crippen molar-refractivity contribution in [2.45, 2.75) is 24.4 Å². The minimum absolute atomic E-state index is 0.0514. The van der Waals surface area contributed by atoms with Gasteiger partial charge in [0.2, 0.25) is 5.91 Å². The summed E-state index contributed by atoms with van der Waals surface area (Å²) in [6, 6.07) is 14.3. The van der Waals surface area contributed by atoms with E-state index in [0.717, 1.165) is 0 Å². The van der Waals surface area contributed by atoms with E-state index in [0.29, 0.717) is 5.56 Å². The van der Waals surface area contributed by atoms with Crippen molar-refractivity contribution in [1.29, 1.82) is 0 Å². The number of carbonyl (C=O) groups excluding carboxylic acids is 1. The zero-order valence-electron chi connectivity index (χ0n) is 16.8. The molecule has 3 aromatic rings. The summed E-state index contributed by atoms with van der Waals surface area (Å²) in [4.78, 5) is 16.1. The number of carbonyl (C=O) groups is 1. The topological polar surface area (TPSA) is 76.1 Å². The second-order valence-corrected chi connectivity index (χ2v) is 9.53. The number of pyridine rings is 1. The molecule has 1 N–H and O–H groups in total. The number of aromatic nitrogens is 1. The maximum atomic E-state index is 13.6. The standard InChI is InChI=1S/C22H18ClF3N2O3S/c1-2-32(30,31)15-9-7-14(8-10-15)13-20(29)27-19-12-11-17(21(28-19)22(24,25)26)16-5-3-4-6-18(16)23/h3-12H,2,13H2,1H3,(H,27,28,29). The van der Waals surface area contributed by atoms with Crippen LogP contribution < -0.4 is 5.32 Å². The molecule has 0 atom stereocenters. The Balaban J connectivity index is 1.82. The molecule has 0 aliphatic carbocycles. The third-order valence-corrected chi connectivity index (χ3v) is 6.70. The lowest BCUT2D eigenvalue weighted by Crippen LogP contribution is -2.18. The van der Waals surface area contributed by atoms with Gasteiger partial charge in [-0.3, -0.25) is 4.79 Å². The zero-order chi connectivity index (χ0) is 23.5. The van der Waals surface area contributed by atoms with Crippen LogP contribution in [0, 0.1) is 0 Å². The molecule has 0 unspecified atom stereocenters. The average molecular weight is 483 g/mol. The minimum Gasteiger partial charge on any atom is -0.310 e. The van der Waals surface area contributed by atoms with Crippen LogP contribution in [0.5, 0.6) is 0 Å². The molecule has 0 spiro atoms. The lowest BCUT2D eigenvalue weighted by atomic mass is 10.0. The number of anilines is 1. The van der Waals surface area contributed by atoms with Crippen molar-refractivity contribution in [3.63, 3.8) is 0 Å². The van der Waals surface area contributed by atoms with Crippen LogP contribution in [0.3, 0.4) is 0 Å². The molecule has 2 aromatic carbocycles. The number of hydrogen-bond acceptors (Lipinski definition) is 4. The van der Waals surface area contributed by atoms with Gasteiger partial charge >= 0.3 is 6.18 Å². The summed E-state index contributed by atoms with van der Waals surface area (Å²) in [5.41, 5.74) is -0.693. The second-order valence-electron chi connectivity index (χ2n) is 6.84. The second kappa shape index (κ2) is 9.30. The Labute approximate surface area is 188 Å². The van der Waals surface area contributed by atoms with Gasteiger partial charge in [0.15, 0.2) is 15.5 Å². The summed E-state index contributed by atoms with van der Waals surface area (Å²) in [6.07, 6.45) is -4.93. The Morgan fingerprint density at radius 1 is 1.00 bits per heavy atom. The summed E-state index contributed by atoms with van der Waals surface area (Å²) in [5, 5.41) is 2.49. The van der Waals surface area contributed by atoms with E-state index >= 15 is 0 Å². The van der Waals surface area contributed by atoms with Crippen molar-refractivity contribution in [1.82, 2.24) is 4.98 Å². The molecular weight excluding hydrogens is 465 g/mol. The first-order valence-corrected chi connectivity index (χ1v) is 11.5. The van der Waals surface area contributed by atoms with Gasteiger partial charge in [-0.2, -0.15) is 13.2 Å². The normalized spacial score (nSPS) is 11.9. The highest BCUT2D eigenvalue weighted by atomic mass is 35.5. The summed E-state index contributed by atoms with van der Waals surface area (Å²) in [7, 11) is -3.37. The van der Waals surface area contributed by atoms with Crippen molar-refractivity contribution >= 4 is 33.2 Å². The fourth-order valence-electron chi connectivity index (χ4n) is 3.00. The Bertz CT molecular complexity index is 1240. The maximum absolute atomic E-state index is 13.6. The van der Waals surface area contributed by atoms with E-state index in [-0.39, 0.29) is 39.0 Å². The van der Waals surface area contributed by atoms with E-state index in [1.54, 1.807) is 12.1 Å². The molecule has 1 amide bonds. The zero-order valence-corrected chi connectivity index (χ0v) is 18.4. The van der Waals surface area contributed by atoms with E-state index in [4.69, 9.17) is 11.6 Å². The molecule has 0 radical (unpaired) electrons. The van der Waals surface area contributed by atoms with Crippen molar-refractivity contribution < 1.29 is 26.4 Å². The van der Waals surface area contributed by atoms with Crippen molar-refractivity contribution in [3.8, 4) is 11.1 Å². The molecule has 168 valence electrons. The van der Waals surface area contributed by atoms with E-state index in [1.165, 1.54) is 55.5 Å². The van der Waals surface area contributed by atoms with Gasteiger partial charge in [0.1, 0.15) is 5.82 Å². The van der Waals surface area contributed by atoms with Crippen LogP contribution in [0.2, 0.25) is 5.02 Å². The van der Waals surface area contributed by atoms with Gasteiger partial charge in [0.05, 0.1) is 17.1 Å². The predicted octanol–water partition coefficient (Wildman–Crippen LogP) is 5.40. The molecule has 0 saturated carbocycles. The fraction of sp³-hybridized carbons (Fsp3) is 0.182. The quantitative estimate of drug-likeness (QED) is 0.510. The fourth-order valence-corrected chi connectivity index (χ4v) is 4.12. The molecular formula is C22H18ClF3N2O3S.